The molecule has 0 aromatic heterocycles. The van der Waals surface area contributed by atoms with E-state index in [0.29, 0.717) is 23.7 Å². The lowest BCUT2D eigenvalue weighted by Crippen LogP contribution is -2.16. The Kier molecular flexibility index (Phi) is 11.6. The quantitative estimate of drug-likeness (QED) is 0.156. The minimum Gasteiger partial charge on any atom is -0.0655 e. The van der Waals surface area contributed by atoms with Crippen molar-refractivity contribution in [2.75, 3.05) is 0 Å². The van der Waals surface area contributed by atoms with E-state index < -0.39 is 0 Å². The van der Waals surface area contributed by atoms with Gasteiger partial charge in [0.05, 0.1) is 0 Å². The van der Waals surface area contributed by atoms with Gasteiger partial charge in [0.2, 0.25) is 0 Å². The zero-order valence-corrected chi connectivity index (χ0v) is 40.8. The summed E-state index contributed by atoms with van der Waals surface area (Å²) in [5, 5.41) is 0. The fourth-order valence-corrected chi connectivity index (χ4v) is 12.1. The van der Waals surface area contributed by atoms with Crippen molar-refractivity contribution in [1.82, 2.24) is 0 Å². The van der Waals surface area contributed by atoms with Gasteiger partial charge in [0.15, 0.2) is 0 Å². The van der Waals surface area contributed by atoms with Crippen molar-refractivity contribution < 1.29 is 0 Å². The lowest BCUT2D eigenvalue weighted by atomic mass is 9.77. The van der Waals surface area contributed by atoms with E-state index in [-0.39, 0.29) is 31.2 Å². The molecule has 0 spiro atoms. The van der Waals surface area contributed by atoms with Gasteiger partial charge in [-0.1, -0.05) is 207 Å². The van der Waals surface area contributed by atoms with Crippen LogP contribution in [0.1, 0.15) is 204 Å². The van der Waals surface area contributed by atoms with Crippen LogP contribution < -0.4 is 0 Å². The van der Waals surface area contributed by atoms with Gasteiger partial charge in [-0.2, -0.15) is 0 Å². The summed E-state index contributed by atoms with van der Waals surface area (Å²) in [5.74, 6) is 1.97. The summed E-state index contributed by atoms with van der Waals surface area (Å²) in [6.45, 7) is 42.6. The number of fused-ring (bicyclic) bond motifs is 2. The molecule has 6 rings (SSSR count). The molecule has 0 saturated heterocycles. The summed E-state index contributed by atoms with van der Waals surface area (Å²) in [7, 11) is -0.373. The third-order valence-electron chi connectivity index (χ3n) is 13.4. The van der Waals surface area contributed by atoms with E-state index in [1.807, 2.05) is 0 Å². The molecule has 2 unspecified atom stereocenters. The molecule has 0 saturated carbocycles. The first-order valence-electron chi connectivity index (χ1n) is 22.3. The van der Waals surface area contributed by atoms with Crippen LogP contribution in [0.25, 0.3) is 34.4 Å². The maximum absolute atomic E-state index is 2.57. The van der Waals surface area contributed by atoms with E-state index in [9.17, 15) is 0 Å². The Morgan fingerprint density at radius 3 is 1.02 bits per heavy atom. The number of hydrogen-bond acceptors (Lipinski definition) is 0. The van der Waals surface area contributed by atoms with Crippen LogP contribution in [0.2, 0.25) is 12.1 Å². The van der Waals surface area contributed by atoms with Gasteiger partial charge >= 0.3 is 0 Å². The van der Waals surface area contributed by atoms with E-state index in [1.165, 1.54) is 78.8 Å². The van der Waals surface area contributed by atoms with Crippen molar-refractivity contribution in [2.45, 2.75) is 182 Å². The molecule has 0 heterocycles. The Balaban J connectivity index is 1.35. The van der Waals surface area contributed by atoms with E-state index in [2.05, 4.69) is 197 Å². The van der Waals surface area contributed by atoms with Crippen LogP contribution in [0.4, 0.5) is 0 Å². The van der Waals surface area contributed by atoms with Crippen molar-refractivity contribution >= 4 is 21.7 Å². The van der Waals surface area contributed by atoms with Crippen LogP contribution >= 0.6 is 0 Å². The van der Waals surface area contributed by atoms with Crippen molar-refractivity contribution in [3.63, 3.8) is 0 Å². The molecule has 57 heavy (non-hydrogen) atoms. The van der Waals surface area contributed by atoms with Gasteiger partial charge < -0.3 is 0 Å². The lowest BCUT2D eigenvalue weighted by Gasteiger charge is -2.28. The highest BCUT2D eigenvalue weighted by atomic mass is 28.2. The molecule has 4 aromatic carbocycles. The van der Waals surface area contributed by atoms with Crippen LogP contribution in [0.3, 0.4) is 0 Å². The molecule has 1 heteroatoms. The lowest BCUT2D eigenvalue weighted by molar-refractivity contribution is 0.568. The highest BCUT2D eigenvalue weighted by molar-refractivity contribution is 6.36. The fourth-order valence-electron chi connectivity index (χ4n) is 9.55. The van der Waals surface area contributed by atoms with E-state index >= 15 is 0 Å². The first kappa shape index (κ1) is 43.2. The van der Waals surface area contributed by atoms with Gasteiger partial charge in [-0.05, 0) is 125 Å². The van der Waals surface area contributed by atoms with Crippen molar-refractivity contribution in [3.8, 4) is 22.3 Å². The Morgan fingerprint density at radius 2 is 0.754 bits per heavy atom. The molecule has 0 bridgehead atoms. The second-order valence-corrected chi connectivity index (χ2v) is 24.6. The smallest absolute Gasteiger partial charge is 0.0218 e. The number of allylic oxidation sites excluding steroid dienone is 2. The Hall–Kier alpha value is -3.42. The number of benzene rings is 4. The molecular formula is C56H76Si. The van der Waals surface area contributed by atoms with Crippen LogP contribution in [-0.2, 0) is 21.7 Å². The summed E-state index contributed by atoms with van der Waals surface area (Å²) in [4.78, 5) is 0. The second kappa shape index (κ2) is 15.3. The number of rotatable bonds is 8. The first-order valence-corrected chi connectivity index (χ1v) is 24.3. The Bertz CT molecular complexity index is 2000. The van der Waals surface area contributed by atoms with Crippen molar-refractivity contribution in [1.29, 1.82) is 0 Å². The largest absolute Gasteiger partial charge is 0.0655 e. The highest BCUT2D eigenvalue weighted by Gasteiger charge is 2.32. The second-order valence-electron chi connectivity index (χ2n) is 22.8. The van der Waals surface area contributed by atoms with E-state index in [0.717, 1.165) is 0 Å². The average Bonchev–Trinajstić information content (AvgIpc) is 3.59. The number of hydrogen-bond donors (Lipinski definition) is 0. The van der Waals surface area contributed by atoms with Crippen LogP contribution in [0, 0.1) is 0 Å². The van der Waals surface area contributed by atoms with Gasteiger partial charge in [0, 0.05) is 21.4 Å². The third-order valence-corrected chi connectivity index (χ3v) is 15.3. The molecule has 0 nitrogen and oxygen atoms in total. The van der Waals surface area contributed by atoms with Gasteiger partial charge in [-0.25, -0.2) is 0 Å². The molecule has 304 valence electrons. The summed E-state index contributed by atoms with van der Waals surface area (Å²) < 4.78 is 0. The molecule has 0 aliphatic heterocycles. The molecule has 2 atom stereocenters. The predicted octanol–water partition coefficient (Wildman–Crippen LogP) is 16.2. The van der Waals surface area contributed by atoms with Crippen LogP contribution in [0.5, 0.6) is 0 Å². The summed E-state index contributed by atoms with van der Waals surface area (Å²) >= 11 is 0. The minimum absolute atomic E-state index is 0.0836. The van der Waals surface area contributed by atoms with Gasteiger partial charge in [-0.15, -0.1) is 0 Å². The molecule has 2 aliphatic rings. The SMILES string of the molecule is CC1=Cc2c(ccc(C(C)C)c2-c2cc(C(C)(C)C)cc(C(C)(C)C)c2)C1C[SiH2]CC1C(C)=Cc2c1ccc(C(C)C)c2-c1cc(C(C)(C)C)cc(C(C)(C)C)c1. The normalized spacial score (nSPS) is 17.5. The summed E-state index contributed by atoms with van der Waals surface area (Å²) in [6.07, 6.45) is 5.15. The van der Waals surface area contributed by atoms with Crippen LogP contribution in [0.15, 0.2) is 71.8 Å². The highest BCUT2D eigenvalue weighted by Crippen LogP contribution is 2.50. The van der Waals surface area contributed by atoms with Crippen LogP contribution in [-0.4, -0.2) is 9.52 Å². The third kappa shape index (κ3) is 8.67. The maximum atomic E-state index is 2.57. The standard InChI is InChI=1S/C56H76Si/c1-33(2)43-19-21-45-47(51(43)37-25-39(53(7,8)9)29-40(26-37)54(10,11)12)23-35(5)49(45)31-57-32-50-36(6)24-48-46(50)22-20-44(34(3)4)52(48)38-27-41(55(13,14)15)30-42(28-38)56(16,17)18/h19-30,33-34,49-50H,31-32,57H2,1-18H3. The van der Waals surface area contributed by atoms with Crippen molar-refractivity contribution in [2.24, 2.45) is 0 Å². The summed E-state index contributed by atoms with van der Waals surface area (Å²) in [6, 6.07) is 27.6. The zero-order valence-electron chi connectivity index (χ0n) is 39.4. The Morgan fingerprint density at radius 1 is 0.456 bits per heavy atom. The predicted molar refractivity (Wildman–Crippen MR) is 258 cm³/mol. The molecule has 0 fully saturated rings. The fraction of sp³-hybridized carbons (Fsp3) is 0.500. The first-order chi connectivity index (χ1) is 26.3. The zero-order chi connectivity index (χ0) is 42.2. The molecular weight excluding hydrogens is 701 g/mol. The molecule has 4 aromatic rings. The minimum atomic E-state index is -0.373. The maximum Gasteiger partial charge on any atom is 0.0218 e. The monoisotopic (exact) mass is 777 g/mol. The van der Waals surface area contributed by atoms with Crippen molar-refractivity contribution in [3.05, 3.63) is 127 Å². The molecule has 0 N–H and O–H groups in total. The topological polar surface area (TPSA) is 0 Å². The van der Waals surface area contributed by atoms with Gasteiger partial charge in [-0.3, -0.25) is 0 Å². The molecule has 0 radical (unpaired) electrons. The molecule has 0 amide bonds. The summed E-state index contributed by atoms with van der Waals surface area (Å²) in [5.41, 5.74) is 24.0. The Labute approximate surface area is 351 Å². The van der Waals surface area contributed by atoms with Gasteiger partial charge in [0.1, 0.15) is 0 Å². The van der Waals surface area contributed by atoms with E-state index in [1.54, 1.807) is 22.3 Å². The van der Waals surface area contributed by atoms with Gasteiger partial charge in [0.25, 0.3) is 0 Å². The van der Waals surface area contributed by atoms with E-state index in [4.69, 9.17) is 0 Å². The molecule has 2 aliphatic carbocycles. The average molecular weight is 777 g/mol.